The minimum Gasteiger partial charge on any atom is -0.507 e. The van der Waals surface area contributed by atoms with Gasteiger partial charge in [-0.25, -0.2) is 14.4 Å². The van der Waals surface area contributed by atoms with E-state index in [9.17, 15) is 14.3 Å². The number of phenols is 1. The van der Waals surface area contributed by atoms with Gasteiger partial charge in [0.25, 0.3) is 0 Å². The summed E-state index contributed by atoms with van der Waals surface area (Å²) in [7, 11) is 0. The van der Waals surface area contributed by atoms with Crippen molar-refractivity contribution in [2.75, 3.05) is 31.1 Å². The van der Waals surface area contributed by atoms with E-state index in [1.54, 1.807) is 0 Å². The van der Waals surface area contributed by atoms with Crippen LogP contribution in [-0.2, 0) is 4.79 Å². The first-order valence-corrected chi connectivity index (χ1v) is 11.1. The fraction of sp³-hybridized carbons (Fsp3) is 0.400. The van der Waals surface area contributed by atoms with Crippen molar-refractivity contribution in [3.8, 4) is 17.1 Å². The van der Waals surface area contributed by atoms with Gasteiger partial charge in [0.2, 0.25) is 5.91 Å². The van der Waals surface area contributed by atoms with Crippen molar-refractivity contribution < 1.29 is 14.3 Å². The molecule has 1 aromatic heterocycles. The number of piperazine rings is 1. The second-order valence-electron chi connectivity index (χ2n) is 8.83. The first-order valence-electron chi connectivity index (χ1n) is 11.1. The van der Waals surface area contributed by atoms with E-state index in [1.165, 1.54) is 18.2 Å². The van der Waals surface area contributed by atoms with Gasteiger partial charge in [-0.15, -0.1) is 0 Å². The van der Waals surface area contributed by atoms with E-state index in [1.807, 2.05) is 30.0 Å². The second-order valence-corrected chi connectivity index (χ2v) is 8.83. The van der Waals surface area contributed by atoms with Crippen molar-refractivity contribution in [3.05, 3.63) is 47.8 Å². The first kappa shape index (κ1) is 22.0. The number of benzene rings is 2. The lowest BCUT2D eigenvalue weighted by atomic mass is 10.1. The summed E-state index contributed by atoms with van der Waals surface area (Å²) < 4.78 is 14.6. The molecule has 2 aromatic carbocycles. The van der Waals surface area contributed by atoms with Gasteiger partial charge in [-0.1, -0.05) is 26.0 Å². The number of aryl methyl sites for hydroxylation is 1. The van der Waals surface area contributed by atoms with Crippen LogP contribution >= 0.6 is 0 Å². The lowest BCUT2D eigenvalue weighted by molar-refractivity contribution is -0.131. The Labute approximate surface area is 187 Å². The lowest BCUT2D eigenvalue weighted by Crippen LogP contribution is -2.49. The first-order chi connectivity index (χ1) is 15.3. The van der Waals surface area contributed by atoms with Crippen molar-refractivity contribution in [2.24, 2.45) is 5.92 Å². The van der Waals surface area contributed by atoms with Crippen LogP contribution < -0.4 is 4.90 Å². The number of amides is 1. The Kier molecular flexibility index (Phi) is 6.26. The molecule has 0 bridgehead atoms. The summed E-state index contributed by atoms with van der Waals surface area (Å²) >= 11 is 0. The normalized spacial score (nSPS) is 14.4. The summed E-state index contributed by atoms with van der Waals surface area (Å²) in [6.07, 6.45) is 1.47. The Bertz CT molecular complexity index is 1120. The zero-order valence-electron chi connectivity index (χ0n) is 18.8. The van der Waals surface area contributed by atoms with Crippen LogP contribution in [0.25, 0.3) is 22.3 Å². The van der Waals surface area contributed by atoms with Gasteiger partial charge in [0, 0.05) is 38.0 Å². The van der Waals surface area contributed by atoms with Crippen molar-refractivity contribution in [1.82, 2.24) is 14.9 Å². The van der Waals surface area contributed by atoms with Crippen LogP contribution in [0.5, 0.6) is 5.75 Å². The van der Waals surface area contributed by atoms with Gasteiger partial charge in [0.05, 0.1) is 11.1 Å². The molecule has 0 aliphatic carbocycles. The van der Waals surface area contributed by atoms with Crippen LogP contribution in [0.4, 0.5) is 10.2 Å². The van der Waals surface area contributed by atoms with Crippen LogP contribution in [0.3, 0.4) is 0 Å². The average Bonchev–Trinajstić information content (AvgIpc) is 2.76. The van der Waals surface area contributed by atoms with E-state index in [-0.39, 0.29) is 23.0 Å². The molecule has 0 unspecified atom stereocenters. The predicted molar refractivity (Wildman–Crippen MR) is 124 cm³/mol. The third kappa shape index (κ3) is 4.52. The molecule has 3 aromatic rings. The maximum atomic E-state index is 14.6. The minimum absolute atomic E-state index is 0.000319. The van der Waals surface area contributed by atoms with E-state index in [4.69, 9.17) is 0 Å². The number of fused-ring (bicyclic) bond motifs is 1. The van der Waals surface area contributed by atoms with Crippen molar-refractivity contribution in [3.63, 3.8) is 0 Å². The molecule has 168 valence electrons. The summed E-state index contributed by atoms with van der Waals surface area (Å²) in [5, 5.41) is 11.2. The number of aromatic nitrogens is 2. The van der Waals surface area contributed by atoms with Gasteiger partial charge in [-0.05, 0) is 49.1 Å². The molecule has 1 N–H and O–H groups in total. The maximum absolute atomic E-state index is 14.6. The third-order valence-corrected chi connectivity index (χ3v) is 5.91. The van der Waals surface area contributed by atoms with E-state index in [0.717, 1.165) is 17.4 Å². The molecular weight excluding hydrogens is 407 g/mol. The number of carbonyl (C=O) groups excluding carboxylic acids is 1. The number of aromatic hydroxyl groups is 1. The Balaban J connectivity index is 1.66. The fourth-order valence-corrected chi connectivity index (χ4v) is 4.05. The van der Waals surface area contributed by atoms with Crippen LogP contribution in [0.15, 0.2) is 36.4 Å². The number of phenolic OH excluding ortho intramolecular Hbond substituents is 1. The van der Waals surface area contributed by atoms with Gasteiger partial charge in [-0.3, -0.25) is 4.79 Å². The quantitative estimate of drug-likeness (QED) is 0.636. The molecule has 0 saturated carbocycles. The molecule has 0 atom stereocenters. The van der Waals surface area contributed by atoms with E-state index < -0.39 is 5.82 Å². The zero-order valence-corrected chi connectivity index (χ0v) is 18.8. The average molecular weight is 437 g/mol. The summed E-state index contributed by atoms with van der Waals surface area (Å²) in [6.45, 7) is 8.73. The Morgan fingerprint density at radius 2 is 1.88 bits per heavy atom. The highest BCUT2D eigenvalue weighted by Gasteiger charge is 2.25. The third-order valence-electron chi connectivity index (χ3n) is 5.91. The van der Waals surface area contributed by atoms with Crippen LogP contribution in [0.1, 0.15) is 32.3 Å². The van der Waals surface area contributed by atoms with E-state index in [2.05, 4.69) is 28.7 Å². The topological polar surface area (TPSA) is 69.6 Å². The smallest absolute Gasteiger partial charge is 0.222 e. The summed E-state index contributed by atoms with van der Waals surface area (Å²) in [4.78, 5) is 25.8. The van der Waals surface area contributed by atoms with Crippen LogP contribution in [0, 0.1) is 18.7 Å². The van der Waals surface area contributed by atoms with Gasteiger partial charge in [0.15, 0.2) is 5.82 Å². The molecular formula is C25H29FN4O2. The van der Waals surface area contributed by atoms with Gasteiger partial charge in [0.1, 0.15) is 17.4 Å². The lowest BCUT2D eigenvalue weighted by Gasteiger charge is -2.36. The van der Waals surface area contributed by atoms with Crippen molar-refractivity contribution in [1.29, 1.82) is 0 Å². The predicted octanol–water partition coefficient (Wildman–Crippen LogP) is 4.53. The minimum atomic E-state index is -0.566. The molecule has 0 spiro atoms. The van der Waals surface area contributed by atoms with E-state index in [0.29, 0.717) is 49.9 Å². The molecule has 1 aliphatic rings. The largest absolute Gasteiger partial charge is 0.507 e. The molecule has 32 heavy (non-hydrogen) atoms. The summed E-state index contributed by atoms with van der Waals surface area (Å²) in [6, 6.07) is 10.1. The van der Waals surface area contributed by atoms with Crippen molar-refractivity contribution >= 4 is 22.6 Å². The highest BCUT2D eigenvalue weighted by Crippen LogP contribution is 2.34. The Hall–Kier alpha value is -3.22. The molecule has 1 amide bonds. The fourth-order valence-electron chi connectivity index (χ4n) is 4.05. The molecule has 1 aliphatic heterocycles. The number of halogens is 1. The number of rotatable bonds is 5. The van der Waals surface area contributed by atoms with Gasteiger partial charge in [-0.2, -0.15) is 0 Å². The molecule has 2 heterocycles. The molecule has 7 heteroatoms. The van der Waals surface area contributed by atoms with Crippen LogP contribution in [0.2, 0.25) is 0 Å². The number of hydrogen-bond acceptors (Lipinski definition) is 5. The maximum Gasteiger partial charge on any atom is 0.222 e. The molecule has 1 fully saturated rings. The molecule has 6 nitrogen and oxygen atoms in total. The number of hydrogen-bond donors (Lipinski definition) is 1. The molecule has 4 rings (SSSR count). The SMILES string of the molecule is Cc1ccc2c(N3CCN(C(=O)CCC(C)C)CC3)nc(-c3c(O)cccc3F)nc2c1. The van der Waals surface area contributed by atoms with Crippen LogP contribution in [-0.4, -0.2) is 52.1 Å². The number of carbonyl (C=O) groups is 1. The highest BCUT2D eigenvalue weighted by molar-refractivity contribution is 5.92. The van der Waals surface area contributed by atoms with E-state index >= 15 is 0 Å². The second kappa shape index (κ2) is 9.10. The van der Waals surface area contributed by atoms with Crippen molar-refractivity contribution in [2.45, 2.75) is 33.6 Å². The molecule has 0 radical (unpaired) electrons. The number of nitrogens with zero attached hydrogens (tertiary/aromatic N) is 4. The Morgan fingerprint density at radius 3 is 2.56 bits per heavy atom. The van der Waals surface area contributed by atoms with Gasteiger partial charge >= 0.3 is 0 Å². The van der Waals surface area contributed by atoms with Gasteiger partial charge < -0.3 is 14.9 Å². The summed E-state index contributed by atoms with van der Waals surface area (Å²) in [5.74, 6) is 0.793. The molecule has 1 saturated heterocycles. The standard InChI is InChI=1S/C25H29FN4O2/c1-16(2)7-10-22(32)29-11-13-30(14-12-29)25-18-9-8-17(3)15-20(18)27-24(28-25)23-19(26)5-4-6-21(23)31/h4-6,8-9,15-16,31H,7,10-14H2,1-3H3. The zero-order chi connectivity index (χ0) is 22.8. The number of anilines is 1. The summed E-state index contributed by atoms with van der Waals surface area (Å²) in [5.41, 5.74) is 1.73. The Morgan fingerprint density at radius 1 is 1.12 bits per heavy atom. The highest BCUT2D eigenvalue weighted by atomic mass is 19.1. The monoisotopic (exact) mass is 436 g/mol.